The quantitative estimate of drug-likeness (QED) is 0.572. The summed E-state index contributed by atoms with van der Waals surface area (Å²) in [6.07, 6.45) is -0.900. The van der Waals surface area contributed by atoms with E-state index in [1.54, 1.807) is 19.2 Å². The van der Waals surface area contributed by atoms with Crippen molar-refractivity contribution in [2.75, 3.05) is 12.4 Å². The van der Waals surface area contributed by atoms with Gasteiger partial charge in [0, 0.05) is 24.7 Å². The third kappa shape index (κ3) is 5.02. The Balaban J connectivity index is 1.70. The average Bonchev–Trinajstić information content (AvgIpc) is 3.22. The van der Waals surface area contributed by atoms with Gasteiger partial charge < -0.3 is 10.6 Å². The molecule has 3 N–H and O–H groups in total. The maximum atomic E-state index is 12.7. The number of carbonyl (C=O) groups excluding carboxylic acids is 2. The molecule has 2 amide bonds. The maximum absolute atomic E-state index is 12.7. The first-order chi connectivity index (χ1) is 14.3. The molecule has 1 aromatic carbocycles. The summed E-state index contributed by atoms with van der Waals surface area (Å²) in [5, 5.41) is 11.7. The lowest BCUT2D eigenvalue weighted by Crippen LogP contribution is -2.18. The van der Waals surface area contributed by atoms with Crippen LogP contribution in [0.4, 0.5) is 18.9 Å². The second kappa shape index (κ2) is 8.76. The van der Waals surface area contributed by atoms with Crippen molar-refractivity contribution >= 4 is 17.5 Å². The Morgan fingerprint density at radius 2 is 1.80 bits per heavy atom. The van der Waals surface area contributed by atoms with Crippen molar-refractivity contribution < 1.29 is 22.8 Å². The molecule has 0 radical (unpaired) electrons. The fraction of sp³-hybridized carbons (Fsp3) is 0.200. The van der Waals surface area contributed by atoms with Crippen LogP contribution in [-0.2, 0) is 17.4 Å². The summed E-state index contributed by atoms with van der Waals surface area (Å²) in [5.41, 5.74) is 1.23. The molecule has 10 heteroatoms. The largest absolute Gasteiger partial charge is 0.416 e. The van der Waals surface area contributed by atoms with Gasteiger partial charge in [-0.1, -0.05) is 12.1 Å². The molecule has 2 heterocycles. The zero-order valence-corrected chi connectivity index (χ0v) is 15.9. The van der Waals surface area contributed by atoms with Crippen molar-refractivity contribution in [1.82, 2.24) is 20.5 Å². The number of alkyl halides is 3. The number of aryl methyl sites for hydroxylation is 1. The number of nitrogens with one attached hydrogen (secondary N) is 3. The van der Waals surface area contributed by atoms with E-state index < -0.39 is 17.6 Å². The molecule has 0 bridgehead atoms. The summed E-state index contributed by atoms with van der Waals surface area (Å²) in [7, 11) is 1.56. The summed E-state index contributed by atoms with van der Waals surface area (Å²) in [6.45, 7) is 0. The Morgan fingerprint density at radius 1 is 1.07 bits per heavy atom. The number of nitrogens with zero attached hydrogens (tertiary/aromatic N) is 2. The lowest BCUT2D eigenvalue weighted by molar-refractivity contribution is -0.137. The van der Waals surface area contributed by atoms with Crippen LogP contribution in [0.15, 0.2) is 48.8 Å². The van der Waals surface area contributed by atoms with Crippen LogP contribution in [0.25, 0.3) is 11.3 Å². The van der Waals surface area contributed by atoms with E-state index in [9.17, 15) is 22.8 Å². The van der Waals surface area contributed by atoms with Gasteiger partial charge in [0.05, 0.1) is 34.9 Å². The number of anilines is 1. The minimum absolute atomic E-state index is 0.0927. The Hall–Kier alpha value is -3.69. The second-order valence-electron chi connectivity index (χ2n) is 6.40. The van der Waals surface area contributed by atoms with Gasteiger partial charge in [-0.05, 0) is 30.7 Å². The third-order valence-electron chi connectivity index (χ3n) is 4.35. The van der Waals surface area contributed by atoms with Crippen LogP contribution >= 0.6 is 0 Å². The summed E-state index contributed by atoms with van der Waals surface area (Å²) >= 11 is 0. The van der Waals surface area contributed by atoms with Gasteiger partial charge in [-0.15, -0.1) is 0 Å². The zero-order valence-electron chi connectivity index (χ0n) is 15.9. The minimum Gasteiger partial charge on any atom is -0.359 e. The highest BCUT2D eigenvalue weighted by Crippen LogP contribution is 2.31. The number of benzene rings is 1. The molecule has 0 unspecified atom stereocenters. The Labute approximate surface area is 169 Å². The van der Waals surface area contributed by atoms with Crippen molar-refractivity contribution in [3.8, 4) is 11.3 Å². The number of carbonyl (C=O) groups is 2. The van der Waals surface area contributed by atoms with Gasteiger partial charge >= 0.3 is 6.18 Å². The van der Waals surface area contributed by atoms with Crippen molar-refractivity contribution in [3.63, 3.8) is 0 Å². The Kier molecular flexibility index (Phi) is 6.14. The molecular formula is C20H18F3N5O2. The number of rotatable bonds is 6. The van der Waals surface area contributed by atoms with Crippen molar-refractivity contribution in [2.45, 2.75) is 19.0 Å². The van der Waals surface area contributed by atoms with E-state index in [2.05, 4.69) is 25.8 Å². The van der Waals surface area contributed by atoms with Crippen molar-refractivity contribution in [3.05, 3.63) is 65.6 Å². The zero-order chi connectivity index (χ0) is 21.7. The first-order valence-corrected chi connectivity index (χ1v) is 8.96. The molecule has 0 aliphatic carbocycles. The predicted molar refractivity (Wildman–Crippen MR) is 104 cm³/mol. The van der Waals surface area contributed by atoms with E-state index >= 15 is 0 Å². The van der Waals surface area contributed by atoms with E-state index in [-0.39, 0.29) is 11.5 Å². The molecule has 2 aromatic heterocycles. The molecule has 0 atom stereocenters. The molecule has 7 nitrogen and oxygen atoms in total. The number of H-pyrrole nitrogens is 1. The number of aromatic nitrogens is 3. The summed E-state index contributed by atoms with van der Waals surface area (Å²) in [5.74, 6) is -0.580. The Morgan fingerprint density at radius 3 is 2.40 bits per heavy atom. The summed E-state index contributed by atoms with van der Waals surface area (Å²) < 4.78 is 38.2. The molecule has 3 rings (SSSR count). The van der Waals surface area contributed by atoms with Crippen LogP contribution in [0.2, 0.25) is 0 Å². The Bertz CT molecular complexity index is 1030. The summed E-state index contributed by atoms with van der Waals surface area (Å²) in [4.78, 5) is 28.1. The highest BCUT2D eigenvalue weighted by Gasteiger charge is 2.30. The molecule has 156 valence electrons. The van der Waals surface area contributed by atoms with Crippen LogP contribution in [0.3, 0.4) is 0 Å². The highest BCUT2D eigenvalue weighted by atomic mass is 19.4. The van der Waals surface area contributed by atoms with E-state index in [0.29, 0.717) is 35.5 Å². The first kappa shape index (κ1) is 21.0. The smallest absolute Gasteiger partial charge is 0.359 e. The maximum Gasteiger partial charge on any atom is 0.416 e. The van der Waals surface area contributed by atoms with E-state index in [1.165, 1.54) is 24.5 Å². The first-order valence-electron chi connectivity index (χ1n) is 8.96. The van der Waals surface area contributed by atoms with E-state index in [0.717, 1.165) is 12.1 Å². The molecule has 0 aliphatic heterocycles. The van der Waals surface area contributed by atoms with Gasteiger partial charge in [0.25, 0.3) is 5.91 Å². The monoisotopic (exact) mass is 417 g/mol. The lowest BCUT2D eigenvalue weighted by Gasteiger charge is -2.09. The number of pyridine rings is 1. The van der Waals surface area contributed by atoms with E-state index in [4.69, 9.17) is 0 Å². The van der Waals surface area contributed by atoms with Crippen molar-refractivity contribution in [1.29, 1.82) is 0 Å². The average molecular weight is 417 g/mol. The number of aromatic amines is 1. The number of amides is 2. The second-order valence-corrected chi connectivity index (χ2v) is 6.40. The van der Waals surface area contributed by atoms with Gasteiger partial charge in [0.15, 0.2) is 0 Å². The van der Waals surface area contributed by atoms with Gasteiger partial charge in [-0.2, -0.15) is 18.3 Å². The topological polar surface area (TPSA) is 99.8 Å². The molecule has 3 aromatic rings. The lowest BCUT2D eigenvalue weighted by atomic mass is 10.1. The van der Waals surface area contributed by atoms with Crippen LogP contribution in [0.1, 0.15) is 28.0 Å². The SMILES string of the molecule is CNC(=O)CCc1ccc(NC(=O)c2cn[nH]c2-c2ccc(C(F)(F)F)cc2)cn1. The molecule has 0 fully saturated rings. The molecular weight excluding hydrogens is 399 g/mol. The van der Waals surface area contributed by atoms with Gasteiger partial charge in [0.1, 0.15) is 0 Å². The normalized spacial score (nSPS) is 11.2. The number of hydrogen-bond donors (Lipinski definition) is 3. The molecule has 30 heavy (non-hydrogen) atoms. The van der Waals surface area contributed by atoms with Gasteiger partial charge in [-0.3, -0.25) is 19.7 Å². The molecule has 0 saturated carbocycles. The minimum atomic E-state index is -4.44. The van der Waals surface area contributed by atoms with Crippen LogP contribution in [0.5, 0.6) is 0 Å². The van der Waals surface area contributed by atoms with Crippen LogP contribution in [0, 0.1) is 0 Å². The predicted octanol–water partition coefficient (Wildman–Crippen LogP) is 3.42. The third-order valence-corrected chi connectivity index (χ3v) is 4.35. The standard InChI is InChI=1S/C20H18F3N5O2/c1-24-17(29)9-8-14-6-7-15(10-25-14)27-19(30)16-11-26-28-18(16)12-2-4-13(5-3-12)20(21,22)23/h2-7,10-11H,8-9H2,1H3,(H,24,29)(H,26,28)(H,27,30). The molecule has 0 aliphatic rings. The molecule has 0 saturated heterocycles. The number of halogens is 3. The molecule has 0 spiro atoms. The van der Waals surface area contributed by atoms with Gasteiger partial charge in [0.2, 0.25) is 5.91 Å². The number of hydrogen-bond acceptors (Lipinski definition) is 4. The summed E-state index contributed by atoms with van der Waals surface area (Å²) in [6, 6.07) is 7.79. The van der Waals surface area contributed by atoms with Crippen molar-refractivity contribution in [2.24, 2.45) is 0 Å². The highest BCUT2D eigenvalue weighted by molar-refractivity contribution is 6.07. The van der Waals surface area contributed by atoms with Gasteiger partial charge in [-0.25, -0.2) is 0 Å². The fourth-order valence-electron chi connectivity index (χ4n) is 2.72. The fourth-order valence-corrected chi connectivity index (χ4v) is 2.72. The van der Waals surface area contributed by atoms with E-state index in [1.807, 2.05) is 0 Å². The van der Waals surface area contributed by atoms with Crippen LogP contribution in [-0.4, -0.2) is 34.0 Å². The van der Waals surface area contributed by atoms with Crippen LogP contribution < -0.4 is 10.6 Å².